The molecule has 2 aromatic heterocycles. The molecule has 0 radical (unpaired) electrons. The molecule has 1 aromatic carbocycles. The summed E-state index contributed by atoms with van der Waals surface area (Å²) in [6.45, 7) is 2.99. The normalized spacial score (nSPS) is 18.2. The number of pyridine rings is 2. The minimum absolute atomic E-state index is 0.0262. The molecule has 1 atom stereocenters. The number of nitrogens with two attached hydrogens (primary N) is 1. The number of benzene rings is 1. The van der Waals surface area contributed by atoms with Crippen molar-refractivity contribution in [2.45, 2.75) is 31.2 Å². The summed E-state index contributed by atoms with van der Waals surface area (Å²) < 4.78 is 65.4. The van der Waals surface area contributed by atoms with E-state index in [9.17, 15) is 26.4 Å². The standard InChI is InChI=1S/C22H22F3N5O3S/c1-12-11-30(8-6-22(12,24)25)20-19(13(2)16-9-14(23)3-4-17(16)29-20)21(31)28-15-5-7-27-18(10-15)34(26,32)33/h3-5,7,9-10,12H,6,8,11H2,1-2H3,(H2,26,32,33)(H,27,28,31). The lowest BCUT2D eigenvalue weighted by Gasteiger charge is -2.38. The number of aromatic nitrogens is 2. The third-order valence-corrected chi connectivity index (χ3v) is 6.73. The van der Waals surface area contributed by atoms with Gasteiger partial charge in [0.15, 0.2) is 5.03 Å². The van der Waals surface area contributed by atoms with Crippen LogP contribution in [0.4, 0.5) is 24.7 Å². The van der Waals surface area contributed by atoms with E-state index in [2.05, 4.69) is 15.3 Å². The molecule has 1 amide bonds. The number of sulfonamides is 1. The van der Waals surface area contributed by atoms with Crippen molar-refractivity contribution in [2.75, 3.05) is 23.3 Å². The van der Waals surface area contributed by atoms with Gasteiger partial charge in [0.25, 0.3) is 21.9 Å². The Morgan fingerprint density at radius 3 is 2.68 bits per heavy atom. The summed E-state index contributed by atoms with van der Waals surface area (Å²) in [5.41, 5.74) is 0.996. The van der Waals surface area contributed by atoms with Gasteiger partial charge in [-0.15, -0.1) is 0 Å². The number of halogens is 3. The molecule has 1 fully saturated rings. The molecule has 180 valence electrons. The van der Waals surface area contributed by atoms with Gasteiger partial charge in [0.05, 0.1) is 11.1 Å². The second-order valence-corrected chi connectivity index (χ2v) is 9.85. The highest BCUT2D eigenvalue weighted by Gasteiger charge is 2.42. The zero-order valence-corrected chi connectivity index (χ0v) is 19.2. The smallest absolute Gasteiger partial charge is 0.259 e. The average Bonchev–Trinajstić information content (AvgIpc) is 2.75. The molecule has 0 saturated carbocycles. The van der Waals surface area contributed by atoms with Crippen LogP contribution in [0.2, 0.25) is 0 Å². The Morgan fingerprint density at radius 2 is 2.00 bits per heavy atom. The molecule has 34 heavy (non-hydrogen) atoms. The minimum Gasteiger partial charge on any atom is -0.355 e. The van der Waals surface area contributed by atoms with Gasteiger partial charge in [0.1, 0.15) is 11.6 Å². The molecular formula is C22H22F3N5O3S. The van der Waals surface area contributed by atoms with Gasteiger partial charge in [0, 0.05) is 48.8 Å². The quantitative estimate of drug-likeness (QED) is 0.575. The van der Waals surface area contributed by atoms with E-state index in [0.29, 0.717) is 16.5 Å². The number of primary sulfonamides is 1. The zero-order chi connectivity index (χ0) is 24.8. The van der Waals surface area contributed by atoms with Crippen LogP contribution in [0.5, 0.6) is 0 Å². The van der Waals surface area contributed by atoms with Gasteiger partial charge in [0.2, 0.25) is 0 Å². The Labute approximate surface area is 194 Å². The molecular weight excluding hydrogens is 471 g/mol. The lowest BCUT2D eigenvalue weighted by Crippen LogP contribution is -2.46. The fourth-order valence-corrected chi connectivity index (χ4v) is 4.49. The van der Waals surface area contributed by atoms with Crippen molar-refractivity contribution in [3.05, 3.63) is 53.5 Å². The number of amides is 1. The van der Waals surface area contributed by atoms with Gasteiger partial charge in [-0.25, -0.2) is 36.7 Å². The molecule has 1 saturated heterocycles. The van der Waals surface area contributed by atoms with Crippen molar-refractivity contribution in [3.8, 4) is 0 Å². The monoisotopic (exact) mass is 493 g/mol. The average molecular weight is 494 g/mol. The highest BCUT2D eigenvalue weighted by molar-refractivity contribution is 7.89. The number of carbonyl (C=O) groups is 1. The van der Waals surface area contributed by atoms with E-state index < -0.39 is 45.0 Å². The number of rotatable bonds is 4. The van der Waals surface area contributed by atoms with Crippen LogP contribution >= 0.6 is 0 Å². The molecule has 8 nitrogen and oxygen atoms in total. The first-order chi connectivity index (χ1) is 15.9. The predicted molar refractivity (Wildman–Crippen MR) is 121 cm³/mol. The number of nitrogens with zero attached hydrogens (tertiary/aromatic N) is 3. The highest BCUT2D eigenvalue weighted by Crippen LogP contribution is 2.37. The second kappa shape index (κ2) is 8.51. The highest BCUT2D eigenvalue weighted by atomic mass is 32.2. The molecule has 3 N–H and O–H groups in total. The topological polar surface area (TPSA) is 118 Å². The van der Waals surface area contributed by atoms with Crippen LogP contribution in [0.3, 0.4) is 0 Å². The third kappa shape index (κ3) is 4.55. The number of alkyl halides is 2. The van der Waals surface area contributed by atoms with Gasteiger partial charge >= 0.3 is 0 Å². The molecule has 3 heterocycles. The molecule has 1 aliphatic rings. The summed E-state index contributed by atoms with van der Waals surface area (Å²) in [5.74, 6) is -4.80. The molecule has 0 aliphatic carbocycles. The van der Waals surface area contributed by atoms with Crippen molar-refractivity contribution in [2.24, 2.45) is 11.1 Å². The minimum atomic E-state index is -4.11. The summed E-state index contributed by atoms with van der Waals surface area (Å²) in [6, 6.07) is 6.42. The maximum absolute atomic E-state index is 14.1. The number of piperidine rings is 1. The maximum Gasteiger partial charge on any atom is 0.259 e. The van der Waals surface area contributed by atoms with Crippen LogP contribution in [0.1, 0.15) is 29.3 Å². The lowest BCUT2D eigenvalue weighted by molar-refractivity contribution is -0.0652. The summed E-state index contributed by atoms with van der Waals surface area (Å²) in [7, 11) is -4.11. The van der Waals surface area contributed by atoms with Gasteiger partial charge in [-0.05, 0) is 36.8 Å². The van der Waals surface area contributed by atoms with Crippen molar-refractivity contribution in [1.29, 1.82) is 0 Å². The molecule has 4 rings (SSSR count). The number of hydrogen-bond donors (Lipinski definition) is 2. The van der Waals surface area contributed by atoms with Crippen LogP contribution < -0.4 is 15.4 Å². The molecule has 0 spiro atoms. The third-order valence-electron chi connectivity index (χ3n) is 5.93. The van der Waals surface area contributed by atoms with E-state index in [1.807, 2.05) is 0 Å². The van der Waals surface area contributed by atoms with Crippen LogP contribution in [0.25, 0.3) is 10.9 Å². The van der Waals surface area contributed by atoms with Crippen molar-refractivity contribution < 1.29 is 26.4 Å². The Balaban J connectivity index is 1.81. The van der Waals surface area contributed by atoms with E-state index in [1.54, 1.807) is 11.8 Å². The van der Waals surface area contributed by atoms with E-state index in [1.165, 1.54) is 37.4 Å². The second-order valence-electron chi connectivity index (χ2n) is 8.34. The summed E-state index contributed by atoms with van der Waals surface area (Å²) in [4.78, 5) is 23.2. The fourth-order valence-electron chi connectivity index (χ4n) is 3.99. The molecule has 12 heteroatoms. The van der Waals surface area contributed by atoms with Crippen molar-refractivity contribution >= 4 is 38.3 Å². The first-order valence-electron chi connectivity index (χ1n) is 10.4. The molecule has 1 unspecified atom stereocenters. The lowest BCUT2D eigenvalue weighted by atomic mass is 9.94. The van der Waals surface area contributed by atoms with Gasteiger partial charge in [-0.3, -0.25) is 4.79 Å². The van der Waals surface area contributed by atoms with Gasteiger partial charge in [-0.1, -0.05) is 6.92 Å². The van der Waals surface area contributed by atoms with Crippen molar-refractivity contribution in [3.63, 3.8) is 0 Å². The van der Waals surface area contributed by atoms with E-state index >= 15 is 0 Å². The maximum atomic E-state index is 14.1. The molecule has 0 bridgehead atoms. The summed E-state index contributed by atoms with van der Waals surface area (Å²) in [5, 5.41) is 7.65. The number of carbonyl (C=O) groups excluding carboxylic acids is 1. The number of nitrogens with one attached hydrogen (secondary N) is 1. The summed E-state index contributed by atoms with van der Waals surface area (Å²) >= 11 is 0. The Kier molecular flexibility index (Phi) is 5.98. The van der Waals surface area contributed by atoms with Crippen molar-refractivity contribution in [1.82, 2.24) is 9.97 Å². The first-order valence-corrected chi connectivity index (χ1v) is 11.9. The fraction of sp³-hybridized carbons (Fsp3) is 0.318. The number of aryl methyl sites for hydroxylation is 1. The van der Waals surface area contributed by atoms with Crippen LogP contribution in [-0.4, -0.2) is 43.3 Å². The van der Waals surface area contributed by atoms with Gasteiger partial charge in [-0.2, -0.15) is 0 Å². The number of hydrogen-bond acceptors (Lipinski definition) is 6. The number of anilines is 2. The zero-order valence-electron chi connectivity index (χ0n) is 18.3. The molecule has 1 aliphatic heterocycles. The van der Waals surface area contributed by atoms with Crippen LogP contribution in [0.15, 0.2) is 41.6 Å². The van der Waals surface area contributed by atoms with Crippen LogP contribution in [0, 0.1) is 18.7 Å². The summed E-state index contributed by atoms with van der Waals surface area (Å²) in [6.07, 6.45) is 0.769. The Hall–Kier alpha value is -3.25. The molecule has 3 aromatic rings. The van der Waals surface area contributed by atoms with E-state index in [0.717, 1.165) is 6.07 Å². The predicted octanol–water partition coefficient (Wildman–Crippen LogP) is 3.46. The van der Waals surface area contributed by atoms with E-state index in [4.69, 9.17) is 5.14 Å². The largest absolute Gasteiger partial charge is 0.355 e. The number of fused-ring (bicyclic) bond motifs is 1. The SMILES string of the molecule is Cc1c(C(=O)Nc2ccnc(S(N)(=O)=O)c2)c(N2CCC(F)(F)C(C)C2)nc2ccc(F)cc12. The Morgan fingerprint density at radius 1 is 1.26 bits per heavy atom. The Bertz CT molecular complexity index is 1400. The van der Waals surface area contributed by atoms with Gasteiger partial charge < -0.3 is 10.2 Å². The first kappa shape index (κ1) is 23.9. The van der Waals surface area contributed by atoms with E-state index in [-0.39, 0.29) is 30.2 Å². The van der Waals surface area contributed by atoms with Crippen LogP contribution in [-0.2, 0) is 10.0 Å².